The molecule has 0 aliphatic rings. The minimum atomic E-state index is -0.136. The molecule has 2 aromatic rings. The van der Waals surface area contributed by atoms with Gasteiger partial charge in [-0.2, -0.15) is 5.10 Å². The molecule has 112 valence electrons. The Bertz CT molecular complexity index is 620. The second-order valence-corrected chi connectivity index (χ2v) is 4.68. The van der Waals surface area contributed by atoms with Gasteiger partial charge in [0.15, 0.2) is 0 Å². The molecular formula is C16H21N3O2. The Labute approximate surface area is 124 Å². The molecule has 0 spiro atoms. The van der Waals surface area contributed by atoms with E-state index in [1.165, 1.54) is 0 Å². The Kier molecular flexibility index (Phi) is 4.98. The van der Waals surface area contributed by atoms with Gasteiger partial charge in [-0.05, 0) is 32.9 Å². The van der Waals surface area contributed by atoms with Crippen LogP contribution in [0.25, 0.3) is 0 Å². The van der Waals surface area contributed by atoms with E-state index in [2.05, 4.69) is 10.4 Å². The Morgan fingerprint density at radius 2 is 2.10 bits per heavy atom. The molecule has 1 heterocycles. The molecule has 1 amide bonds. The number of nitrogens with zero attached hydrogens (tertiary/aromatic N) is 2. The van der Waals surface area contributed by atoms with Crippen LogP contribution in [0.1, 0.15) is 35.5 Å². The van der Waals surface area contributed by atoms with E-state index in [0.29, 0.717) is 24.5 Å². The van der Waals surface area contributed by atoms with Crippen LogP contribution in [0.4, 0.5) is 0 Å². The highest BCUT2D eigenvalue weighted by Gasteiger charge is 2.12. The van der Waals surface area contributed by atoms with Crippen LogP contribution in [-0.2, 0) is 13.1 Å². The molecule has 0 fully saturated rings. The number of benzene rings is 1. The fraction of sp³-hybridized carbons (Fsp3) is 0.375. The van der Waals surface area contributed by atoms with Crippen molar-refractivity contribution < 1.29 is 9.53 Å². The first-order valence-electron chi connectivity index (χ1n) is 7.18. The lowest BCUT2D eigenvalue weighted by atomic mass is 10.2. The van der Waals surface area contributed by atoms with Crippen LogP contribution in [-0.4, -0.2) is 22.3 Å². The fourth-order valence-corrected chi connectivity index (χ4v) is 2.18. The second kappa shape index (κ2) is 6.92. The summed E-state index contributed by atoms with van der Waals surface area (Å²) < 4.78 is 7.39. The van der Waals surface area contributed by atoms with E-state index < -0.39 is 0 Å². The maximum absolute atomic E-state index is 12.3. The van der Waals surface area contributed by atoms with E-state index in [4.69, 9.17) is 4.74 Å². The maximum Gasteiger partial charge on any atom is 0.255 e. The Hall–Kier alpha value is -2.30. The average molecular weight is 287 g/mol. The number of ether oxygens (including phenoxy) is 1. The number of carbonyl (C=O) groups excluding carboxylic acids is 1. The molecule has 0 unspecified atom stereocenters. The molecule has 5 nitrogen and oxygen atoms in total. The zero-order valence-corrected chi connectivity index (χ0v) is 12.7. The highest BCUT2D eigenvalue weighted by Crippen LogP contribution is 2.18. The number of carbonyl (C=O) groups is 1. The van der Waals surface area contributed by atoms with Gasteiger partial charge in [0, 0.05) is 24.3 Å². The van der Waals surface area contributed by atoms with Crippen molar-refractivity contribution in [2.45, 2.75) is 33.9 Å². The van der Waals surface area contributed by atoms with Crippen molar-refractivity contribution in [2.24, 2.45) is 0 Å². The van der Waals surface area contributed by atoms with Crippen LogP contribution in [0.15, 0.2) is 30.5 Å². The SMILES string of the molecule is CCOc1ccccc1C(=O)NCc1cnn(CC)c1C. The predicted octanol–water partition coefficient (Wildman–Crippen LogP) is 2.54. The van der Waals surface area contributed by atoms with Crippen molar-refractivity contribution in [3.63, 3.8) is 0 Å². The predicted molar refractivity (Wildman–Crippen MR) is 81.4 cm³/mol. The summed E-state index contributed by atoms with van der Waals surface area (Å²) in [5, 5.41) is 7.19. The summed E-state index contributed by atoms with van der Waals surface area (Å²) in [6.45, 7) is 7.77. The van der Waals surface area contributed by atoms with Gasteiger partial charge >= 0.3 is 0 Å². The Morgan fingerprint density at radius 3 is 2.76 bits per heavy atom. The molecule has 0 aliphatic heterocycles. The first kappa shape index (κ1) is 15.1. The first-order valence-corrected chi connectivity index (χ1v) is 7.18. The zero-order valence-electron chi connectivity index (χ0n) is 12.7. The summed E-state index contributed by atoms with van der Waals surface area (Å²) in [7, 11) is 0. The minimum Gasteiger partial charge on any atom is -0.493 e. The lowest BCUT2D eigenvalue weighted by molar-refractivity contribution is 0.0947. The number of aromatic nitrogens is 2. The fourth-order valence-electron chi connectivity index (χ4n) is 2.18. The lowest BCUT2D eigenvalue weighted by Crippen LogP contribution is -2.23. The summed E-state index contributed by atoms with van der Waals surface area (Å²) in [4.78, 5) is 12.3. The average Bonchev–Trinajstić information content (AvgIpc) is 2.86. The quantitative estimate of drug-likeness (QED) is 0.888. The van der Waals surface area contributed by atoms with Gasteiger partial charge in [0.1, 0.15) is 5.75 Å². The molecule has 21 heavy (non-hydrogen) atoms. The summed E-state index contributed by atoms with van der Waals surface area (Å²) in [5.74, 6) is 0.473. The van der Waals surface area contributed by atoms with Crippen molar-refractivity contribution >= 4 is 5.91 Å². The molecule has 0 saturated heterocycles. The molecule has 0 aliphatic carbocycles. The number of aryl methyl sites for hydroxylation is 1. The first-order chi connectivity index (χ1) is 10.2. The van der Waals surface area contributed by atoms with E-state index in [1.54, 1.807) is 18.3 Å². The third-order valence-electron chi connectivity index (χ3n) is 3.38. The van der Waals surface area contributed by atoms with Gasteiger partial charge in [0.2, 0.25) is 0 Å². The molecule has 0 saturated carbocycles. The molecule has 1 aromatic heterocycles. The van der Waals surface area contributed by atoms with E-state index >= 15 is 0 Å². The number of hydrogen-bond donors (Lipinski definition) is 1. The molecule has 0 bridgehead atoms. The Morgan fingerprint density at radius 1 is 1.33 bits per heavy atom. The van der Waals surface area contributed by atoms with Gasteiger partial charge in [-0.15, -0.1) is 0 Å². The summed E-state index contributed by atoms with van der Waals surface area (Å²) in [6.07, 6.45) is 1.80. The molecule has 5 heteroatoms. The van der Waals surface area contributed by atoms with Gasteiger partial charge in [-0.25, -0.2) is 0 Å². The highest BCUT2D eigenvalue weighted by atomic mass is 16.5. The summed E-state index contributed by atoms with van der Waals surface area (Å²) >= 11 is 0. The number of hydrogen-bond acceptors (Lipinski definition) is 3. The normalized spacial score (nSPS) is 10.4. The van der Waals surface area contributed by atoms with Crippen molar-refractivity contribution in [2.75, 3.05) is 6.61 Å². The third kappa shape index (κ3) is 3.42. The lowest BCUT2D eigenvalue weighted by Gasteiger charge is -2.10. The van der Waals surface area contributed by atoms with Crippen LogP contribution in [0.5, 0.6) is 5.75 Å². The topological polar surface area (TPSA) is 56.1 Å². The van der Waals surface area contributed by atoms with Crippen molar-refractivity contribution in [1.29, 1.82) is 0 Å². The van der Waals surface area contributed by atoms with E-state index in [-0.39, 0.29) is 5.91 Å². The largest absolute Gasteiger partial charge is 0.493 e. The number of amides is 1. The van der Waals surface area contributed by atoms with Crippen molar-refractivity contribution in [3.05, 3.63) is 47.3 Å². The zero-order chi connectivity index (χ0) is 15.2. The van der Waals surface area contributed by atoms with Gasteiger partial charge in [0.05, 0.1) is 18.4 Å². The van der Waals surface area contributed by atoms with Crippen LogP contribution < -0.4 is 10.1 Å². The summed E-state index contributed by atoms with van der Waals surface area (Å²) in [6, 6.07) is 7.26. The van der Waals surface area contributed by atoms with Gasteiger partial charge in [0.25, 0.3) is 5.91 Å². The van der Waals surface area contributed by atoms with Crippen molar-refractivity contribution in [1.82, 2.24) is 15.1 Å². The van der Waals surface area contributed by atoms with Crippen molar-refractivity contribution in [3.8, 4) is 5.75 Å². The van der Waals surface area contributed by atoms with E-state index in [0.717, 1.165) is 17.8 Å². The standard InChI is InChI=1S/C16H21N3O2/c1-4-19-12(3)13(11-18-19)10-17-16(20)14-8-6-7-9-15(14)21-5-2/h6-9,11H,4-5,10H2,1-3H3,(H,17,20). The monoisotopic (exact) mass is 287 g/mol. The van der Waals surface area contributed by atoms with Crippen LogP contribution in [0.2, 0.25) is 0 Å². The second-order valence-electron chi connectivity index (χ2n) is 4.68. The highest BCUT2D eigenvalue weighted by molar-refractivity contribution is 5.96. The van der Waals surface area contributed by atoms with E-state index in [9.17, 15) is 4.79 Å². The third-order valence-corrected chi connectivity index (χ3v) is 3.38. The van der Waals surface area contributed by atoms with Gasteiger partial charge < -0.3 is 10.1 Å². The number of nitrogens with one attached hydrogen (secondary N) is 1. The van der Waals surface area contributed by atoms with Crippen LogP contribution >= 0.6 is 0 Å². The molecule has 2 rings (SSSR count). The maximum atomic E-state index is 12.3. The molecule has 0 radical (unpaired) electrons. The van der Waals surface area contributed by atoms with Gasteiger partial charge in [-0.3, -0.25) is 9.48 Å². The smallest absolute Gasteiger partial charge is 0.255 e. The number of rotatable bonds is 6. The molecule has 0 atom stereocenters. The van der Waals surface area contributed by atoms with E-state index in [1.807, 2.05) is 37.6 Å². The number of para-hydroxylation sites is 1. The summed E-state index contributed by atoms with van der Waals surface area (Å²) in [5.41, 5.74) is 2.66. The minimum absolute atomic E-state index is 0.136. The van der Waals surface area contributed by atoms with Crippen LogP contribution in [0, 0.1) is 6.92 Å². The van der Waals surface area contributed by atoms with Crippen LogP contribution in [0.3, 0.4) is 0 Å². The molecular weight excluding hydrogens is 266 g/mol. The molecule has 1 aromatic carbocycles. The molecule has 1 N–H and O–H groups in total. The van der Waals surface area contributed by atoms with Gasteiger partial charge in [-0.1, -0.05) is 12.1 Å². The Balaban J connectivity index is 2.06.